The summed E-state index contributed by atoms with van der Waals surface area (Å²) < 4.78 is 39.7. The number of piperazine rings is 2. The number of methoxy groups -OCH3 is 2. The zero-order valence-electron chi connectivity index (χ0n) is 46.8. The number of benzene rings is 4. The summed E-state index contributed by atoms with van der Waals surface area (Å²) in [5.41, 5.74) is 12.1. The fraction of sp³-hybridized carbons (Fsp3) is 0.373. The van der Waals surface area contributed by atoms with Crippen molar-refractivity contribution in [3.63, 3.8) is 0 Å². The lowest BCUT2D eigenvalue weighted by molar-refractivity contribution is -0.111. The fourth-order valence-electron chi connectivity index (χ4n) is 10.3. The topological polar surface area (TPSA) is 235 Å². The monoisotopic (exact) mass is 1110 g/mol. The molecule has 428 valence electrons. The number of aromatic nitrogens is 8. The van der Waals surface area contributed by atoms with Crippen LogP contribution in [0.5, 0.6) is 34.8 Å². The number of ether oxygens (including phenoxy) is 6. The first-order chi connectivity index (χ1) is 40.1. The summed E-state index contributed by atoms with van der Waals surface area (Å²) in [6, 6.07) is 26.6. The molecule has 23 heteroatoms. The maximum absolute atomic E-state index is 11.8. The molecule has 8 aromatic rings. The van der Waals surface area contributed by atoms with E-state index in [0.29, 0.717) is 93.3 Å². The number of fused-ring (bicyclic) bond motifs is 2. The largest absolute Gasteiger partial charge is 0.494 e. The van der Waals surface area contributed by atoms with Crippen molar-refractivity contribution < 1.29 is 33.2 Å². The van der Waals surface area contributed by atoms with Gasteiger partial charge in [0.05, 0.1) is 38.0 Å². The molecule has 12 rings (SSSR count). The molecule has 0 saturated carbocycles. The minimum atomic E-state index is -0.311. The van der Waals surface area contributed by atoms with E-state index in [2.05, 4.69) is 84.6 Å². The Morgan fingerprint density at radius 3 is 1.56 bits per heavy atom. The van der Waals surface area contributed by atoms with E-state index in [1.54, 1.807) is 61.6 Å². The second-order valence-corrected chi connectivity index (χ2v) is 20.6. The van der Waals surface area contributed by atoms with Crippen LogP contribution in [-0.2, 0) is 14.3 Å². The molecule has 4 fully saturated rings. The van der Waals surface area contributed by atoms with Crippen LogP contribution in [0.1, 0.15) is 51.0 Å². The Morgan fingerprint density at radius 2 is 1.11 bits per heavy atom. The number of likely N-dealkylation sites (N-methyl/N-ethyl adjacent to an activating group) is 2. The Balaban J connectivity index is 0.000000173. The number of rotatable bonds is 16. The average Bonchev–Trinajstić information content (AvgIpc) is 4.34. The number of carbonyl (C=O) groups excluding carboxylic acids is 1. The highest BCUT2D eigenvalue weighted by Crippen LogP contribution is 2.39. The highest BCUT2D eigenvalue weighted by atomic mass is 16.5. The minimum Gasteiger partial charge on any atom is -0.494 e. The first-order valence-corrected chi connectivity index (χ1v) is 27.8. The molecule has 0 radical (unpaired) electrons. The van der Waals surface area contributed by atoms with Gasteiger partial charge in [0.15, 0.2) is 23.8 Å². The predicted octanol–water partition coefficient (Wildman–Crippen LogP) is 9.35. The van der Waals surface area contributed by atoms with Gasteiger partial charge in [0.1, 0.15) is 33.8 Å². The zero-order chi connectivity index (χ0) is 56.5. The van der Waals surface area contributed by atoms with Gasteiger partial charge in [0.25, 0.3) is 0 Å². The quantitative estimate of drug-likeness (QED) is 0.0521. The molecule has 4 saturated heterocycles. The van der Waals surface area contributed by atoms with E-state index < -0.39 is 0 Å². The van der Waals surface area contributed by atoms with Crippen LogP contribution in [-0.4, -0.2) is 149 Å². The van der Waals surface area contributed by atoms with Crippen molar-refractivity contribution in [1.29, 1.82) is 0 Å². The lowest BCUT2D eigenvalue weighted by atomic mass is 10.2. The van der Waals surface area contributed by atoms with Gasteiger partial charge in [-0.2, -0.15) is 30.1 Å². The zero-order valence-corrected chi connectivity index (χ0v) is 46.8. The van der Waals surface area contributed by atoms with Crippen LogP contribution in [0, 0.1) is 0 Å². The van der Waals surface area contributed by atoms with E-state index in [0.717, 1.165) is 114 Å². The van der Waals surface area contributed by atoms with Crippen LogP contribution in [0.25, 0.3) is 22.1 Å². The summed E-state index contributed by atoms with van der Waals surface area (Å²) in [6.45, 7) is 12.8. The molecule has 2 unspecified atom stereocenters. The van der Waals surface area contributed by atoms with Gasteiger partial charge in [-0.15, -0.1) is 0 Å². The highest BCUT2D eigenvalue weighted by Gasteiger charge is 2.26. The molecule has 4 aliphatic heterocycles. The Kier molecular flexibility index (Phi) is 17.1. The van der Waals surface area contributed by atoms with Crippen molar-refractivity contribution in [2.75, 3.05) is 125 Å². The molecule has 4 aromatic heterocycles. The third-order valence-electron chi connectivity index (χ3n) is 14.9. The predicted molar refractivity (Wildman–Crippen MR) is 317 cm³/mol. The smallest absolute Gasteiger partial charge is 0.247 e. The molecule has 5 N–H and O–H groups in total. The van der Waals surface area contributed by atoms with Crippen LogP contribution < -0.4 is 50.4 Å². The van der Waals surface area contributed by atoms with Gasteiger partial charge in [-0.1, -0.05) is 18.7 Å². The number of anilines is 8. The van der Waals surface area contributed by atoms with E-state index in [4.69, 9.17) is 54.1 Å². The van der Waals surface area contributed by atoms with E-state index in [1.807, 2.05) is 41.1 Å². The van der Waals surface area contributed by atoms with E-state index >= 15 is 0 Å². The lowest BCUT2D eigenvalue weighted by Gasteiger charge is -2.34. The van der Waals surface area contributed by atoms with Crippen LogP contribution in [0.4, 0.5) is 46.0 Å². The molecule has 1 amide bonds. The highest BCUT2D eigenvalue weighted by molar-refractivity contribution is 5.99. The van der Waals surface area contributed by atoms with E-state index in [-0.39, 0.29) is 18.4 Å². The van der Waals surface area contributed by atoms with Gasteiger partial charge < -0.3 is 69.7 Å². The molecular weight excluding hydrogens is 1040 g/mol. The minimum absolute atomic E-state index is 0.184. The van der Waals surface area contributed by atoms with Crippen molar-refractivity contribution in [2.24, 2.45) is 0 Å². The standard InChI is InChI=1S/C31H36N8O4.C28H34N8O3/c1-4-27(40)33-21-8-7-9-23(18-21)43-30-24-20-32-39(28-10-5-6-17-42-28)29(24)35-31(36-30)34-25-12-11-22(19-26(25)41-3)38-15-13-37(2)14-16-38;1-34-11-13-35(14-12-34)20-9-10-23(24(17-20)37-2)31-28-32-26-22(18-30-36(26)25-8-3-4-15-38-25)27(33-28)39-21-7-5-6-19(29)16-21/h4,7-9,11-12,18-20,28H,1,5-6,10,13-17H2,2-3H3,(H,33,40)(H,34,35,36);5-7,9-10,16-18,25H,3-4,8,11-15,29H2,1-2H3,(H,31,32,33). The number of nitrogen functional groups attached to an aromatic ring is 1. The van der Waals surface area contributed by atoms with Gasteiger partial charge in [-0.05, 0) is 107 Å². The third-order valence-corrected chi connectivity index (χ3v) is 14.9. The van der Waals surface area contributed by atoms with Gasteiger partial charge in [0, 0.05) is 113 Å². The Bertz CT molecular complexity index is 3510. The van der Waals surface area contributed by atoms with Crippen LogP contribution in [0.2, 0.25) is 0 Å². The van der Waals surface area contributed by atoms with E-state index in [9.17, 15) is 4.79 Å². The summed E-state index contributed by atoms with van der Waals surface area (Å²) in [5, 5.41) is 20.0. The number of nitrogens with one attached hydrogen (secondary N) is 3. The second kappa shape index (κ2) is 25.4. The number of amides is 1. The lowest BCUT2D eigenvalue weighted by Crippen LogP contribution is -2.44. The van der Waals surface area contributed by atoms with Crippen molar-refractivity contribution in [3.05, 3.63) is 110 Å². The molecule has 82 heavy (non-hydrogen) atoms. The van der Waals surface area contributed by atoms with E-state index in [1.165, 1.54) is 6.08 Å². The summed E-state index contributed by atoms with van der Waals surface area (Å²) in [6.07, 6.45) is 10.1. The normalized spacial score (nSPS) is 17.9. The number of hydrogen-bond acceptors (Lipinski definition) is 20. The molecule has 0 bridgehead atoms. The molecule has 23 nitrogen and oxygen atoms in total. The van der Waals surface area contributed by atoms with Crippen molar-refractivity contribution in [3.8, 4) is 34.8 Å². The molecule has 0 spiro atoms. The van der Waals surface area contributed by atoms with Crippen LogP contribution in [0.3, 0.4) is 0 Å². The fourth-order valence-corrected chi connectivity index (χ4v) is 10.3. The molecule has 8 heterocycles. The Hall–Kier alpha value is -8.77. The Morgan fingerprint density at radius 1 is 0.622 bits per heavy atom. The van der Waals surface area contributed by atoms with Crippen LogP contribution in [0.15, 0.2) is 110 Å². The maximum atomic E-state index is 11.8. The SMILES string of the molecule is C=CC(=O)Nc1cccc(Oc2nc(Nc3ccc(N4CCN(C)CC4)cc3OC)nc3c2cnn3C2CCCCO2)c1.COc1cc(N2CCN(C)CC2)ccc1Nc1nc(Oc2cccc(N)c2)c2cnn(C3CCCCO3)c2n1. The Labute approximate surface area is 475 Å². The summed E-state index contributed by atoms with van der Waals surface area (Å²) >= 11 is 0. The summed E-state index contributed by atoms with van der Waals surface area (Å²) in [4.78, 5) is 40.4. The first kappa shape index (κ1) is 55.2. The molecular formula is C59H70N16O7. The average molecular weight is 1120 g/mol. The molecule has 4 aromatic carbocycles. The second-order valence-electron chi connectivity index (χ2n) is 20.6. The van der Waals surface area contributed by atoms with Gasteiger partial charge >= 0.3 is 0 Å². The molecule has 0 aliphatic carbocycles. The first-order valence-electron chi connectivity index (χ1n) is 27.8. The van der Waals surface area contributed by atoms with Crippen LogP contribution >= 0.6 is 0 Å². The number of nitrogens with two attached hydrogens (primary N) is 1. The number of nitrogens with zero attached hydrogens (tertiary/aromatic N) is 12. The number of hydrogen-bond donors (Lipinski definition) is 4. The van der Waals surface area contributed by atoms with Gasteiger partial charge in [-0.25, -0.2) is 9.36 Å². The van der Waals surface area contributed by atoms with Gasteiger partial charge in [-0.3, -0.25) is 4.79 Å². The molecule has 2 atom stereocenters. The summed E-state index contributed by atoms with van der Waals surface area (Å²) in [5.74, 6) is 3.52. The van der Waals surface area contributed by atoms with Crippen molar-refractivity contribution in [1.82, 2.24) is 49.3 Å². The van der Waals surface area contributed by atoms with Crippen molar-refractivity contribution >= 4 is 74.0 Å². The van der Waals surface area contributed by atoms with Crippen molar-refractivity contribution in [2.45, 2.75) is 51.0 Å². The van der Waals surface area contributed by atoms with Gasteiger partial charge in [0.2, 0.25) is 29.6 Å². The summed E-state index contributed by atoms with van der Waals surface area (Å²) in [7, 11) is 7.62. The maximum Gasteiger partial charge on any atom is 0.247 e. The molecule has 4 aliphatic rings. The number of carbonyl (C=O) groups is 1. The third kappa shape index (κ3) is 12.9.